The van der Waals surface area contributed by atoms with E-state index in [1.807, 2.05) is 0 Å². The van der Waals surface area contributed by atoms with Crippen LogP contribution in [0.3, 0.4) is 0 Å². The third-order valence-corrected chi connectivity index (χ3v) is 3.56. The first-order chi connectivity index (χ1) is 6.30. The minimum atomic E-state index is -3.01. The first kappa shape index (κ1) is 11.3. The molecule has 0 unspecified atom stereocenters. The first-order valence-electron chi connectivity index (χ1n) is 4.45. The maximum atomic E-state index is 11.2. The highest BCUT2D eigenvalue weighted by molar-refractivity contribution is 7.91. The lowest BCUT2D eigenvalue weighted by molar-refractivity contribution is 0.0600. The third-order valence-electron chi connectivity index (χ3n) is 2.05. The van der Waals surface area contributed by atoms with Gasteiger partial charge in [0.15, 0.2) is 9.84 Å². The van der Waals surface area contributed by atoms with E-state index in [1.165, 1.54) is 11.2 Å². The van der Waals surface area contributed by atoms with Crippen molar-refractivity contribution < 1.29 is 17.9 Å². The van der Waals surface area contributed by atoms with Crippen LogP contribution in [0.2, 0.25) is 0 Å². The summed E-state index contributed by atoms with van der Waals surface area (Å²) in [5.74, 6) is 0. The van der Waals surface area contributed by atoms with Crippen molar-refractivity contribution in [3.8, 4) is 0 Å². The second kappa shape index (κ2) is 3.76. The molecule has 1 aliphatic heterocycles. The summed E-state index contributed by atoms with van der Waals surface area (Å²) in [6.45, 7) is 4.02. The molecule has 0 spiro atoms. The largest absolute Gasteiger partial charge is 0.447 e. The van der Waals surface area contributed by atoms with Crippen LogP contribution in [-0.2, 0) is 14.6 Å². The van der Waals surface area contributed by atoms with E-state index in [0.717, 1.165) is 0 Å². The Balaban J connectivity index is 2.38. The van der Waals surface area contributed by atoms with Crippen LogP contribution in [-0.4, -0.2) is 50.1 Å². The van der Waals surface area contributed by atoms with Gasteiger partial charge in [0.05, 0.1) is 11.4 Å². The molecule has 6 heteroatoms. The molecular weight excluding hydrogens is 206 g/mol. The van der Waals surface area contributed by atoms with Crippen LogP contribution in [0.4, 0.5) is 4.79 Å². The fourth-order valence-corrected chi connectivity index (χ4v) is 2.04. The van der Waals surface area contributed by atoms with Gasteiger partial charge in [-0.15, -0.1) is 0 Å². The number of likely N-dealkylation sites (tertiary alicyclic amines) is 1. The van der Waals surface area contributed by atoms with E-state index >= 15 is 0 Å². The zero-order valence-corrected chi connectivity index (χ0v) is 9.37. The van der Waals surface area contributed by atoms with Crippen LogP contribution in [0.5, 0.6) is 0 Å². The lowest BCUT2D eigenvalue weighted by Gasteiger charge is -2.37. The van der Waals surface area contributed by atoms with E-state index in [0.29, 0.717) is 0 Å². The topological polar surface area (TPSA) is 63.7 Å². The van der Waals surface area contributed by atoms with E-state index in [2.05, 4.69) is 0 Å². The highest BCUT2D eigenvalue weighted by atomic mass is 32.2. The summed E-state index contributed by atoms with van der Waals surface area (Å²) in [6.07, 6.45) is 0.586. The normalized spacial score (nSPS) is 18.1. The molecule has 0 radical (unpaired) electrons. The van der Waals surface area contributed by atoms with Crippen molar-refractivity contribution >= 4 is 15.9 Å². The van der Waals surface area contributed by atoms with Gasteiger partial charge in [-0.1, -0.05) is 0 Å². The predicted molar refractivity (Wildman–Crippen MR) is 51.8 cm³/mol. The minimum Gasteiger partial charge on any atom is -0.447 e. The van der Waals surface area contributed by atoms with Gasteiger partial charge in [-0.2, -0.15) is 0 Å². The second-order valence-corrected chi connectivity index (χ2v) is 6.11. The minimum absolute atomic E-state index is 0.167. The summed E-state index contributed by atoms with van der Waals surface area (Å²) < 4.78 is 27.0. The van der Waals surface area contributed by atoms with Crippen molar-refractivity contribution in [2.24, 2.45) is 0 Å². The van der Waals surface area contributed by atoms with Crippen LogP contribution < -0.4 is 0 Å². The monoisotopic (exact) mass is 221 g/mol. The van der Waals surface area contributed by atoms with Gasteiger partial charge in [0.1, 0.15) is 0 Å². The SMILES string of the molecule is CC(C)OC(=O)N1CC(S(C)(=O)=O)C1. The summed E-state index contributed by atoms with van der Waals surface area (Å²) in [6, 6.07) is 0. The molecule has 14 heavy (non-hydrogen) atoms. The van der Waals surface area contributed by atoms with E-state index in [1.54, 1.807) is 13.8 Å². The number of nitrogens with zero attached hydrogens (tertiary/aromatic N) is 1. The van der Waals surface area contributed by atoms with Gasteiger partial charge in [0, 0.05) is 19.3 Å². The summed E-state index contributed by atoms with van der Waals surface area (Å²) >= 11 is 0. The summed E-state index contributed by atoms with van der Waals surface area (Å²) in [7, 11) is -3.01. The van der Waals surface area contributed by atoms with Gasteiger partial charge < -0.3 is 9.64 Å². The number of rotatable bonds is 2. The van der Waals surface area contributed by atoms with Crippen LogP contribution >= 0.6 is 0 Å². The Kier molecular flexibility index (Phi) is 3.04. The lowest BCUT2D eigenvalue weighted by atomic mass is 10.2. The van der Waals surface area contributed by atoms with E-state index < -0.39 is 21.2 Å². The molecule has 1 aliphatic rings. The first-order valence-corrected chi connectivity index (χ1v) is 6.40. The lowest BCUT2D eigenvalue weighted by Crippen LogP contribution is -2.57. The quantitative estimate of drug-likeness (QED) is 0.671. The molecular formula is C8H15NO4S. The second-order valence-electron chi connectivity index (χ2n) is 3.79. The molecule has 0 atom stereocenters. The number of hydrogen-bond acceptors (Lipinski definition) is 4. The average molecular weight is 221 g/mol. The average Bonchev–Trinajstić information content (AvgIpc) is 1.75. The highest BCUT2D eigenvalue weighted by Crippen LogP contribution is 2.16. The number of carbonyl (C=O) groups excluding carboxylic acids is 1. The Labute approximate surface area is 83.9 Å². The van der Waals surface area contributed by atoms with Gasteiger partial charge >= 0.3 is 6.09 Å². The number of amides is 1. The Bertz CT molecular complexity index is 316. The van der Waals surface area contributed by atoms with Crippen LogP contribution in [0, 0.1) is 0 Å². The third kappa shape index (κ3) is 2.60. The zero-order chi connectivity index (χ0) is 10.9. The van der Waals surface area contributed by atoms with Gasteiger partial charge in [-0.05, 0) is 13.8 Å². The molecule has 5 nitrogen and oxygen atoms in total. The van der Waals surface area contributed by atoms with Crippen molar-refractivity contribution in [2.75, 3.05) is 19.3 Å². The molecule has 0 aromatic carbocycles. The van der Waals surface area contributed by atoms with E-state index in [4.69, 9.17) is 4.74 Å². The molecule has 1 saturated heterocycles. The van der Waals surface area contributed by atoms with Crippen molar-refractivity contribution in [2.45, 2.75) is 25.2 Å². The van der Waals surface area contributed by atoms with Crippen molar-refractivity contribution in [3.63, 3.8) is 0 Å². The number of hydrogen-bond donors (Lipinski definition) is 0. The van der Waals surface area contributed by atoms with Gasteiger partial charge in [-0.25, -0.2) is 13.2 Å². The van der Waals surface area contributed by atoms with E-state index in [-0.39, 0.29) is 19.2 Å². The molecule has 0 aromatic rings. The van der Waals surface area contributed by atoms with Crippen LogP contribution in [0.15, 0.2) is 0 Å². The molecule has 0 N–H and O–H groups in total. The molecule has 1 rings (SSSR count). The predicted octanol–water partition coefficient (Wildman–Crippen LogP) is 0.260. The van der Waals surface area contributed by atoms with Gasteiger partial charge in [0.2, 0.25) is 0 Å². The maximum absolute atomic E-state index is 11.2. The van der Waals surface area contributed by atoms with Crippen LogP contribution in [0.1, 0.15) is 13.8 Å². The fraction of sp³-hybridized carbons (Fsp3) is 0.875. The Morgan fingerprint density at radius 1 is 1.43 bits per heavy atom. The zero-order valence-electron chi connectivity index (χ0n) is 8.56. The van der Waals surface area contributed by atoms with Gasteiger partial charge in [-0.3, -0.25) is 0 Å². The smallest absolute Gasteiger partial charge is 0.410 e. The molecule has 0 saturated carbocycles. The number of sulfone groups is 1. The van der Waals surface area contributed by atoms with Gasteiger partial charge in [0.25, 0.3) is 0 Å². The molecule has 0 bridgehead atoms. The van der Waals surface area contributed by atoms with Crippen molar-refractivity contribution in [3.05, 3.63) is 0 Å². The molecule has 0 aromatic heterocycles. The summed E-state index contributed by atoms with van der Waals surface area (Å²) in [5.41, 5.74) is 0. The molecule has 82 valence electrons. The molecule has 1 heterocycles. The Morgan fingerprint density at radius 2 is 1.93 bits per heavy atom. The Hall–Kier alpha value is -0.780. The summed E-state index contributed by atoms with van der Waals surface area (Å²) in [4.78, 5) is 12.6. The Morgan fingerprint density at radius 3 is 2.29 bits per heavy atom. The summed E-state index contributed by atoms with van der Waals surface area (Å²) in [5, 5.41) is -0.415. The van der Waals surface area contributed by atoms with Crippen molar-refractivity contribution in [1.29, 1.82) is 0 Å². The molecule has 0 aliphatic carbocycles. The highest BCUT2D eigenvalue weighted by Gasteiger charge is 2.38. The van der Waals surface area contributed by atoms with E-state index in [9.17, 15) is 13.2 Å². The molecule has 1 fully saturated rings. The fourth-order valence-electron chi connectivity index (χ4n) is 1.13. The standard InChI is InChI=1S/C8H15NO4S/c1-6(2)13-8(10)9-4-7(5-9)14(3,11)12/h6-7H,4-5H2,1-3H3. The maximum Gasteiger partial charge on any atom is 0.410 e. The molecule has 1 amide bonds. The number of ether oxygens (including phenoxy) is 1. The van der Waals surface area contributed by atoms with Crippen molar-refractivity contribution in [1.82, 2.24) is 4.90 Å². The van der Waals surface area contributed by atoms with Crippen LogP contribution in [0.25, 0.3) is 0 Å². The number of carbonyl (C=O) groups is 1.